The van der Waals surface area contributed by atoms with E-state index in [-0.39, 0.29) is 0 Å². The lowest BCUT2D eigenvalue weighted by Crippen LogP contribution is -1.93. The summed E-state index contributed by atoms with van der Waals surface area (Å²) in [6.45, 7) is 0. The van der Waals surface area contributed by atoms with E-state index >= 15 is 0 Å². The molecule has 1 aromatic rings. The first-order valence-corrected chi connectivity index (χ1v) is 3.97. The zero-order valence-corrected chi connectivity index (χ0v) is 5.76. The fraction of sp³-hybridized carbons (Fsp3) is 0.200. The van der Waals surface area contributed by atoms with Crippen LogP contribution < -0.4 is 0 Å². The number of hydrogen-bond donors (Lipinski definition) is 0. The van der Waals surface area contributed by atoms with E-state index in [0.29, 0.717) is 5.16 Å². The van der Waals surface area contributed by atoms with Crippen molar-refractivity contribution in [2.24, 2.45) is 0 Å². The first kappa shape index (κ1) is 6.35. The summed E-state index contributed by atoms with van der Waals surface area (Å²) >= 11 is 0. The lowest BCUT2D eigenvalue weighted by Gasteiger charge is -1.88. The molecule has 0 spiro atoms. The molecule has 3 nitrogen and oxygen atoms in total. The van der Waals surface area contributed by atoms with Gasteiger partial charge in [0, 0.05) is 18.6 Å². The minimum atomic E-state index is -1.05. The standard InChI is InChI=1S/C5H6N2OS/c1-9(8)5-6-3-2-4-7-5/h2-4H,1H3/t9-/m1/s1. The Kier molecular flexibility index (Phi) is 1.89. The van der Waals surface area contributed by atoms with Gasteiger partial charge in [0.15, 0.2) is 0 Å². The van der Waals surface area contributed by atoms with Crippen molar-refractivity contribution in [1.29, 1.82) is 0 Å². The van der Waals surface area contributed by atoms with Crippen LogP contribution in [0, 0.1) is 0 Å². The summed E-state index contributed by atoms with van der Waals surface area (Å²) < 4.78 is 10.6. The van der Waals surface area contributed by atoms with Crippen LogP contribution in [0.2, 0.25) is 0 Å². The van der Waals surface area contributed by atoms with E-state index < -0.39 is 10.8 Å². The smallest absolute Gasteiger partial charge is 0.218 e. The second-order valence-electron chi connectivity index (χ2n) is 1.49. The molecule has 0 radical (unpaired) electrons. The molecule has 0 fully saturated rings. The van der Waals surface area contributed by atoms with Crippen molar-refractivity contribution in [3.8, 4) is 0 Å². The van der Waals surface area contributed by atoms with E-state index in [1.54, 1.807) is 24.7 Å². The van der Waals surface area contributed by atoms with Gasteiger partial charge < -0.3 is 0 Å². The zero-order valence-electron chi connectivity index (χ0n) is 4.94. The Morgan fingerprint density at radius 3 is 2.33 bits per heavy atom. The van der Waals surface area contributed by atoms with Crippen molar-refractivity contribution in [3.63, 3.8) is 0 Å². The van der Waals surface area contributed by atoms with Gasteiger partial charge in [0.1, 0.15) is 0 Å². The van der Waals surface area contributed by atoms with Crippen molar-refractivity contribution in [1.82, 2.24) is 9.97 Å². The molecule has 48 valence electrons. The summed E-state index contributed by atoms with van der Waals surface area (Å²) in [6, 6.07) is 1.69. The highest BCUT2D eigenvalue weighted by molar-refractivity contribution is 7.84. The summed E-state index contributed by atoms with van der Waals surface area (Å²) in [5, 5.41) is 0.387. The van der Waals surface area contributed by atoms with Crippen LogP contribution in [0.15, 0.2) is 23.6 Å². The van der Waals surface area contributed by atoms with Crippen LogP contribution in [0.1, 0.15) is 0 Å². The van der Waals surface area contributed by atoms with Gasteiger partial charge in [0.25, 0.3) is 0 Å². The molecule has 0 amide bonds. The average Bonchev–Trinajstić information content (AvgIpc) is 1.90. The number of aromatic nitrogens is 2. The van der Waals surface area contributed by atoms with Crippen LogP contribution >= 0.6 is 0 Å². The summed E-state index contributed by atoms with van der Waals surface area (Å²) in [4.78, 5) is 7.53. The van der Waals surface area contributed by atoms with Gasteiger partial charge in [-0.3, -0.25) is 4.21 Å². The zero-order chi connectivity index (χ0) is 6.69. The Balaban J connectivity index is 2.98. The Labute approximate surface area is 55.6 Å². The quantitative estimate of drug-likeness (QED) is 0.526. The Hall–Kier alpha value is -0.770. The van der Waals surface area contributed by atoms with Crippen LogP contribution in [-0.4, -0.2) is 20.4 Å². The second-order valence-corrected chi connectivity index (χ2v) is 2.76. The molecule has 0 saturated carbocycles. The highest BCUT2D eigenvalue weighted by atomic mass is 32.2. The Morgan fingerprint density at radius 1 is 1.44 bits per heavy atom. The summed E-state index contributed by atoms with van der Waals surface area (Å²) in [7, 11) is -1.05. The number of hydrogen-bond acceptors (Lipinski definition) is 3. The second kappa shape index (κ2) is 2.68. The third-order valence-electron chi connectivity index (χ3n) is 0.799. The topological polar surface area (TPSA) is 42.9 Å². The third-order valence-corrected chi connectivity index (χ3v) is 1.52. The van der Waals surface area contributed by atoms with Gasteiger partial charge in [0.05, 0.1) is 10.8 Å². The molecule has 0 saturated heterocycles. The van der Waals surface area contributed by atoms with E-state index in [1.807, 2.05) is 0 Å². The lowest BCUT2D eigenvalue weighted by molar-refractivity contribution is 0.679. The minimum absolute atomic E-state index is 0.387. The van der Waals surface area contributed by atoms with Crippen LogP contribution in [-0.2, 0) is 10.8 Å². The highest BCUT2D eigenvalue weighted by Gasteiger charge is 1.95. The molecule has 1 atom stereocenters. The SMILES string of the molecule is C[S@@](=O)c1ncccn1. The first-order chi connectivity index (χ1) is 4.30. The molecule has 9 heavy (non-hydrogen) atoms. The maximum absolute atomic E-state index is 10.6. The molecule has 0 unspecified atom stereocenters. The van der Waals surface area contributed by atoms with E-state index in [1.165, 1.54) is 0 Å². The van der Waals surface area contributed by atoms with Gasteiger partial charge in [-0.15, -0.1) is 0 Å². The molecular weight excluding hydrogens is 136 g/mol. The van der Waals surface area contributed by atoms with Gasteiger partial charge >= 0.3 is 0 Å². The Bertz CT molecular complexity index is 211. The molecule has 0 aliphatic rings. The van der Waals surface area contributed by atoms with Crippen molar-refractivity contribution < 1.29 is 4.21 Å². The number of rotatable bonds is 1. The fourth-order valence-corrected chi connectivity index (χ4v) is 0.852. The predicted molar refractivity (Wildman–Crippen MR) is 34.4 cm³/mol. The molecule has 1 rings (SSSR count). The molecule has 0 aliphatic heterocycles. The van der Waals surface area contributed by atoms with Gasteiger partial charge in [-0.1, -0.05) is 0 Å². The normalized spacial score (nSPS) is 13.0. The van der Waals surface area contributed by atoms with Crippen LogP contribution in [0.3, 0.4) is 0 Å². The molecular formula is C5H6N2OS. The van der Waals surface area contributed by atoms with E-state index in [0.717, 1.165) is 0 Å². The van der Waals surface area contributed by atoms with Crippen LogP contribution in [0.25, 0.3) is 0 Å². The van der Waals surface area contributed by atoms with Crippen molar-refractivity contribution in [2.45, 2.75) is 5.16 Å². The lowest BCUT2D eigenvalue weighted by atomic mass is 10.7. The average molecular weight is 142 g/mol. The highest BCUT2D eigenvalue weighted by Crippen LogP contribution is 1.90. The third kappa shape index (κ3) is 1.57. The predicted octanol–water partition coefficient (Wildman–Crippen LogP) is 0.214. The van der Waals surface area contributed by atoms with E-state index in [4.69, 9.17) is 0 Å². The fourth-order valence-electron chi connectivity index (χ4n) is 0.434. The largest absolute Gasteiger partial charge is 0.251 e. The van der Waals surface area contributed by atoms with Crippen LogP contribution in [0.5, 0.6) is 0 Å². The maximum atomic E-state index is 10.6. The molecule has 1 heterocycles. The van der Waals surface area contributed by atoms with E-state index in [9.17, 15) is 4.21 Å². The van der Waals surface area contributed by atoms with Crippen molar-refractivity contribution in [3.05, 3.63) is 18.5 Å². The summed E-state index contributed by atoms with van der Waals surface area (Å²) in [5.74, 6) is 0. The molecule has 0 bridgehead atoms. The monoisotopic (exact) mass is 142 g/mol. The number of nitrogens with zero attached hydrogens (tertiary/aromatic N) is 2. The molecule has 1 aromatic heterocycles. The minimum Gasteiger partial charge on any atom is -0.251 e. The maximum Gasteiger partial charge on any atom is 0.218 e. The summed E-state index contributed by atoms with van der Waals surface area (Å²) in [5.41, 5.74) is 0. The molecule has 0 aromatic carbocycles. The van der Waals surface area contributed by atoms with Crippen molar-refractivity contribution in [2.75, 3.05) is 6.26 Å². The van der Waals surface area contributed by atoms with Gasteiger partial charge in [-0.25, -0.2) is 9.97 Å². The van der Waals surface area contributed by atoms with E-state index in [2.05, 4.69) is 9.97 Å². The van der Waals surface area contributed by atoms with Crippen LogP contribution in [0.4, 0.5) is 0 Å². The first-order valence-electron chi connectivity index (χ1n) is 2.41. The summed E-state index contributed by atoms with van der Waals surface area (Å²) in [6.07, 6.45) is 4.70. The van der Waals surface area contributed by atoms with Crippen molar-refractivity contribution >= 4 is 10.8 Å². The Morgan fingerprint density at radius 2 is 2.00 bits per heavy atom. The molecule has 0 aliphatic carbocycles. The van der Waals surface area contributed by atoms with Gasteiger partial charge in [0.2, 0.25) is 5.16 Å². The van der Waals surface area contributed by atoms with Gasteiger partial charge in [-0.2, -0.15) is 0 Å². The molecule has 0 N–H and O–H groups in total. The van der Waals surface area contributed by atoms with Gasteiger partial charge in [-0.05, 0) is 6.07 Å². The molecule has 4 heteroatoms.